The van der Waals surface area contributed by atoms with E-state index < -0.39 is 0 Å². The monoisotopic (exact) mass is 460 g/mol. The average Bonchev–Trinajstić information content (AvgIpc) is 3.17. The highest BCUT2D eigenvalue weighted by molar-refractivity contribution is 6.31. The fourth-order valence-electron chi connectivity index (χ4n) is 4.95. The Bertz CT molecular complexity index is 1260. The molecule has 0 aliphatic carbocycles. The van der Waals surface area contributed by atoms with Crippen molar-refractivity contribution in [1.82, 2.24) is 19.4 Å². The van der Waals surface area contributed by atoms with Gasteiger partial charge in [-0.05, 0) is 42.3 Å². The third-order valence-corrected chi connectivity index (χ3v) is 6.97. The van der Waals surface area contributed by atoms with E-state index in [0.29, 0.717) is 0 Å². The van der Waals surface area contributed by atoms with Crippen LogP contribution in [0.4, 0.5) is 0 Å². The summed E-state index contributed by atoms with van der Waals surface area (Å²) < 4.78 is 1.86. The molecule has 5 rings (SSSR count). The van der Waals surface area contributed by atoms with Gasteiger partial charge in [0.15, 0.2) is 0 Å². The second-order valence-electron chi connectivity index (χ2n) is 8.66. The molecule has 4 aromatic rings. The van der Waals surface area contributed by atoms with Crippen LogP contribution in [0, 0.1) is 0 Å². The Hall–Kier alpha value is -2.86. The number of H-pyrrole nitrogens is 1. The van der Waals surface area contributed by atoms with Gasteiger partial charge in [0, 0.05) is 37.7 Å². The van der Waals surface area contributed by atoms with Crippen LogP contribution in [0.5, 0.6) is 0 Å². The highest BCUT2D eigenvalue weighted by Crippen LogP contribution is 2.33. The van der Waals surface area contributed by atoms with E-state index in [0.717, 1.165) is 67.3 Å². The van der Waals surface area contributed by atoms with E-state index in [1.54, 1.807) is 0 Å². The predicted molar refractivity (Wildman–Crippen MR) is 135 cm³/mol. The summed E-state index contributed by atoms with van der Waals surface area (Å²) in [6.07, 6.45) is 0.953. The van der Waals surface area contributed by atoms with Crippen molar-refractivity contribution < 1.29 is 0 Å². The van der Waals surface area contributed by atoms with Gasteiger partial charge in [0.1, 0.15) is 0 Å². The van der Waals surface area contributed by atoms with Crippen molar-refractivity contribution in [2.45, 2.75) is 19.0 Å². The van der Waals surface area contributed by atoms with Gasteiger partial charge in [0.2, 0.25) is 0 Å². The van der Waals surface area contributed by atoms with Crippen molar-refractivity contribution in [1.29, 1.82) is 0 Å². The number of rotatable bonds is 7. The Labute approximate surface area is 199 Å². The van der Waals surface area contributed by atoms with Crippen molar-refractivity contribution >= 4 is 22.6 Å². The molecule has 0 saturated carbocycles. The largest absolute Gasteiger partial charge is 0.326 e. The molecule has 0 bridgehead atoms. The molecule has 1 aliphatic rings. The number of hydrogen-bond acceptors (Lipinski definition) is 3. The second-order valence-corrected chi connectivity index (χ2v) is 9.07. The van der Waals surface area contributed by atoms with Crippen molar-refractivity contribution in [3.63, 3.8) is 0 Å². The molecule has 1 aromatic heterocycles. The lowest BCUT2D eigenvalue weighted by atomic mass is 9.96. The van der Waals surface area contributed by atoms with Crippen LogP contribution in [-0.4, -0.2) is 52.1 Å². The minimum absolute atomic E-state index is 0.0218. The summed E-state index contributed by atoms with van der Waals surface area (Å²) in [4.78, 5) is 20.3. The summed E-state index contributed by atoms with van der Waals surface area (Å²) in [5, 5.41) is 0.818. The zero-order valence-electron chi connectivity index (χ0n) is 18.7. The minimum Gasteiger partial charge on any atom is -0.306 e. The molecule has 1 fully saturated rings. The van der Waals surface area contributed by atoms with Crippen LogP contribution >= 0.6 is 11.6 Å². The number of aromatic amines is 1. The Morgan fingerprint density at radius 2 is 1.52 bits per heavy atom. The highest BCUT2D eigenvalue weighted by Gasteiger charge is 2.27. The first-order chi connectivity index (χ1) is 16.2. The quantitative estimate of drug-likeness (QED) is 0.431. The first kappa shape index (κ1) is 22.0. The van der Waals surface area contributed by atoms with Crippen molar-refractivity contribution in [3.8, 4) is 0 Å². The minimum atomic E-state index is -0.0218. The molecule has 0 radical (unpaired) electrons. The topological polar surface area (TPSA) is 44.3 Å². The van der Waals surface area contributed by atoms with E-state index in [1.807, 2.05) is 41.0 Å². The molecule has 1 aliphatic heterocycles. The van der Waals surface area contributed by atoms with Gasteiger partial charge in [-0.3, -0.25) is 9.47 Å². The highest BCUT2D eigenvalue weighted by atomic mass is 35.5. The number of hydrogen-bond donors (Lipinski definition) is 1. The number of nitrogens with one attached hydrogen (secondary N) is 1. The first-order valence-corrected chi connectivity index (χ1v) is 12.0. The molecular formula is C27H29ClN4O. The van der Waals surface area contributed by atoms with E-state index in [4.69, 9.17) is 11.6 Å². The number of aryl methyl sites for hydroxylation is 1. The smallest absolute Gasteiger partial charge is 0.306 e. The normalized spacial score (nSPS) is 16.3. The van der Waals surface area contributed by atoms with Gasteiger partial charge in [-0.2, -0.15) is 0 Å². The maximum absolute atomic E-state index is 12.3. The molecule has 170 valence electrons. The van der Waals surface area contributed by atoms with Crippen LogP contribution in [0.25, 0.3) is 11.0 Å². The third kappa shape index (κ3) is 4.76. The molecular weight excluding hydrogens is 432 g/mol. The Morgan fingerprint density at radius 3 is 2.30 bits per heavy atom. The van der Waals surface area contributed by atoms with Crippen LogP contribution < -0.4 is 5.69 Å². The Balaban J connectivity index is 1.23. The molecule has 1 atom stereocenters. The first-order valence-electron chi connectivity index (χ1n) is 11.6. The lowest BCUT2D eigenvalue weighted by Gasteiger charge is -2.40. The van der Waals surface area contributed by atoms with E-state index in [-0.39, 0.29) is 11.7 Å². The molecule has 6 heteroatoms. The molecule has 1 N–H and O–H groups in total. The zero-order chi connectivity index (χ0) is 22.6. The van der Waals surface area contributed by atoms with Crippen molar-refractivity contribution in [2.75, 3.05) is 32.7 Å². The van der Waals surface area contributed by atoms with Crippen LogP contribution in [0.15, 0.2) is 83.7 Å². The second kappa shape index (κ2) is 9.96. The SMILES string of the molecule is O=c1[nH]c2ccccc2n1CCCN1CCN(C(c2ccccc2)c2ccccc2Cl)CC1. The molecule has 0 amide bonds. The number of aromatic nitrogens is 2. The van der Waals surface area contributed by atoms with Crippen LogP contribution in [0.1, 0.15) is 23.6 Å². The van der Waals surface area contributed by atoms with Crippen molar-refractivity contribution in [2.24, 2.45) is 0 Å². The maximum Gasteiger partial charge on any atom is 0.326 e. The lowest BCUT2D eigenvalue weighted by molar-refractivity contribution is 0.108. The van der Waals surface area contributed by atoms with Gasteiger partial charge < -0.3 is 9.88 Å². The zero-order valence-corrected chi connectivity index (χ0v) is 19.4. The van der Waals surface area contributed by atoms with Crippen molar-refractivity contribution in [3.05, 3.63) is 105 Å². The fraction of sp³-hybridized carbons (Fsp3) is 0.296. The molecule has 3 aromatic carbocycles. The number of piperazine rings is 1. The third-order valence-electron chi connectivity index (χ3n) is 6.62. The predicted octanol–water partition coefficient (Wildman–Crippen LogP) is 4.78. The standard InChI is InChI=1S/C27H29ClN4O/c28-23-12-5-4-11-22(23)26(21-9-2-1-3-10-21)31-19-17-30(18-20-31)15-8-16-32-25-14-7-6-13-24(25)29-27(32)33/h1-7,9-14,26H,8,15-20H2,(H,29,33). The lowest BCUT2D eigenvalue weighted by Crippen LogP contribution is -2.48. The number of benzene rings is 3. The molecule has 33 heavy (non-hydrogen) atoms. The van der Waals surface area contributed by atoms with Gasteiger partial charge in [-0.25, -0.2) is 4.79 Å². The van der Waals surface area contributed by atoms with Gasteiger partial charge in [-0.15, -0.1) is 0 Å². The van der Waals surface area contributed by atoms with Gasteiger partial charge in [0.25, 0.3) is 0 Å². The number of para-hydroxylation sites is 2. The maximum atomic E-state index is 12.3. The summed E-state index contributed by atoms with van der Waals surface area (Å²) >= 11 is 6.62. The van der Waals surface area contributed by atoms with Gasteiger partial charge >= 0.3 is 5.69 Å². The van der Waals surface area contributed by atoms with E-state index in [1.165, 1.54) is 5.56 Å². The van der Waals surface area contributed by atoms with E-state index in [9.17, 15) is 4.79 Å². The van der Waals surface area contributed by atoms with Gasteiger partial charge in [0.05, 0.1) is 17.1 Å². The summed E-state index contributed by atoms with van der Waals surface area (Å²) in [6.45, 7) is 5.71. The molecule has 0 spiro atoms. The van der Waals surface area contributed by atoms with Crippen LogP contribution in [0.3, 0.4) is 0 Å². The molecule has 2 heterocycles. The summed E-state index contributed by atoms with van der Waals surface area (Å²) in [7, 11) is 0. The number of nitrogens with zero attached hydrogens (tertiary/aromatic N) is 3. The van der Waals surface area contributed by atoms with Crippen LogP contribution in [0.2, 0.25) is 5.02 Å². The summed E-state index contributed by atoms with van der Waals surface area (Å²) in [5.74, 6) is 0. The van der Waals surface area contributed by atoms with Crippen LogP contribution in [-0.2, 0) is 6.54 Å². The van der Waals surface area contributed by atoms with Gasteiger partial charge in [-0.1, -0.05) is 72.3 Å². The number of halogens is 1. The van der Waals surface area contributed by atoms with E-state index in [2.05, 4.69) is 57.2 Å². The number of fused-ring (bicyclic) bond motifs is 1. The number of imidazole rings is 1. The molecule has 5 nitrogen and oxygen atoms in total. The molecule has 1 saturated heterocycles. The van der Waals surface area contributed by atoms with E-state index >= 15 is 0 Å². The molecule has 1 unspecified atom stereocenters. The summed E-state index contributed by atoms with van der Waals surface area (Å²) in [6, 6.07) is 26.9. The Morgan fingerprint density at radius 1 is 0.818 bits per heavy atom. The Kier molecular flexibility index (Phi) is 6.63. The fourth-order valence-corrected chi connectivity index (χ4v) is 5.18. The average molecular weight is 461 g/mol. The summed E-state index contributed by atoms with van der Waals surface area (Å²) in [5.41, 5.74) is 4.31.